The maximum absolute atomic E-state index is 4.59. The van der Waals surface area contributed by atoms with Crippen LogP contribution in [0.1, 0.15) is 10.4 Å². The van der Waals surface area contributed by atoms with E-state index in [1.165, 1.54) is 20.5 Å². The minimum Gasteiger partial charge on any atom is -0.281 e. The molecule has 1 aromatic heterocycles. The third-order valence-electron chi connectivity index (χ3n) is 3.32. The van der Waals surface area contributed by atoms with Gasteiger partial charge in [-0.3, -0.25) is 4.99 Å². The largest absolute Gasteiger partial charge is 0.281 e. The predicted octanol–water partition coefficient (Wildman–Crippen LogP) is 5.10. The summed E-state index contributed by atoms with van der Waals surface area (Å²) < 4.78 is 1.33. The van der Waals surface area contributed by atoms with Gasteiger partial charge in [-0.15, -0.1) is 11.3 Å². The van der Waals surface area contributed by atoms with Crippen molar-refractivity contribution in [3.8, 4) is 0 Å². The molecule has 0 spiro atoms. The lowest BCUT2D eigenvalue weighted by atomic mass is 10.1. The smallest absolute Gasteiger partial charge is 0.0650 e. The first-order valence-electron chi connectivity index (χ1n) is 7.05. The molecular weight excluding hydrogens is 274 g/mol. The SMILES string of the molecule is C=C/C=C\Cc1cc2cc(C3=NCC=CC=C3)ccc2s1. The van der Waals surface area contributed by atoms with Crippen molar-refractivity contribution in [3.63, 3.8) is 0 Å². The quantitative estimate of drug-likeness (QED) is 0.695. The summed E-state index contributed by atoms with van der Waals surface area (Å²) in [6, 6.07) is 8.87. The van der Waals surface area contributed by atoms with E-state index < -0.39 is 0 Å². The van der Waals surface area contributed by atoms with Crippen LogP contribution in [0.3, 0.4) is 0 Å². The second kappa shape index (κ2) is 6.51. The summed E-state index contributed by atoms with van der Waals surface area (Å²) in [7, 11) is 0. The molecule has 0 bridgehead atoms. The van der Waals surface area contributed by atoms with Crippen LogP contribution in [0.25, 0.3) is 10.1 Å². The summed E-state index contributed by atoms with van der Waals surface area (Å²) in [6.45, 7) is 4.45. The molecule has 2 aromatic rings. The normalized spacial score (nSPS) is 14.6. The van der Waals surface area contributed by atoms with Gasteiger partial charge in [-0.2, -0.15) is 0 Å². The molecule has 0 saturated carbocycles. The molecule has 1 nitrogen and oxygen atoms in total. The number of hydrogen-bond donors (Lipinski definition) is 0. The Balaban J connectivity index is 1.91. The van der Waals surface area contributed by atoms with Crippen molar-refractivity contribution in [2.75, 3.05) is 6.54 Å². The molecule has 0 saturated heterocycles. The number of benzene rings is 1. The highest BCUT2D eigenvalue weighted by molar-refractivity contribution is 7.19. The second-order valence-corrected chi connectivity index (χ2v) is 6.01. The van der Waals surface area contributed by atoms with Gasteiger partial charge in [0.2, 0.25) is 0 Å². The van der Waals surface area contributed by atoms with Crippen molar-refractivity contribution in [2.24, 2.45) is 4.99 Å². The van der Waals surface area contributed by atoms with Crippen LogP contribution in [-0.2, 0) is 6.42 Å². The van der Waals surface area contributed by atoms with Crippen LogP contribution in [0.2, 0.25) is 0 Å². The van der Waals surface area contributed by atoms with Crippen molar-refractivity contribution in [1.82, 2.24) is 0 Å². The van der Waals surface area contributed by atoms with E-state index in [1.54, 1.807) is 0 Å². The van der Waals surface area contributed by atoms with Crippen LogP contribution in [0.15, 0.2) is 78.4 Å². The maximum atomic E-state index is 4.59. The van der Waals surface area contributed by atoms with Crippen LogP contribution in [0.4, 0.5) is 0 Å². The first kappa shape index (κ1) is 13.8. The van der Waals surface area contributed by atoms with Crippen molar-refractivity contribution >= 4 is 27.1 Å². The Morgan fingerprint density at radius 2 is 2.19 bits per heavy atom. The number of hydrogen-bond acceptors (Lipinski definition) is 2. The summed E-state index contributed by atoms with van der Waals surface area (Å²) in [5.74, 6) is 0. The Morgan fingerprint density at radius 3 is 3.10 bits per heavy atom. The lowest BCUT2D eigenvalue weighted by molar-refractivity contribution is 1.25. The van der Waals surface area contributed by atoms with Gasteiger partial charge in [0.25, 0.3) is 0 Å². The zero-order chi connectivity index (χ0) is 14.5. The van der Waals surface area contributed by atoms with Crippen molar-refractivity contribution in [2.45, 2.75) is 6.42 Å². The van der Waals surface area contributed by atoms with Crippen molar-refractivity contribution in [1.29, 1.82) is 0 Å². The third-order valence-corrected chi connectivity index (χ3v) is 4.46. The second-order valence-electron chi connectivity index (χ2n) is 4.85. The van der Waals surface area contributed by atoms with Gasteiger partial charge < -0.3 is 0 Å². The van der Waals surface area contributed by atoms with Crippen LogP contribution in [-0.4, -0.2) is 12.3 Å². The highest BCUT2D eigenvalue weighted by Gasteiger charge is 2.05. The van der Waals surface area contributed by atoms with Gasteiger partial charge in [0.1, 0.15) is 0 Å². The molecule has 1 aliphatic heterocycles. The summed E-state index contributed by atoms with van der Waals surface area (Å²) >= 11 is 1.85. The molecule has 2 heterocycles. The fraction of sp³-hybridized carbons (Fsp3) is 0.105. The molecular formula is C19H17NS. The predicted molar refractivity (Wildman–Crippen MR) is 94.6 cm³/mol. The zero-order valence-corrected chi connectivity index (χ0v) is 12.6. The molecule has 0 N–H and O–H groups in total. The molecule has 0 unspecified atom stereocenters. The van der Waals surface area contributed by atoms with Crippen LogP contribution < -0.4 is 0 Å². The van der Waals surface area contributed by atoms with E-state index in [0.29, 0.717) is 0 Å². The molecule has 1 aromatic carbocycles. The van der Waals surface area contributed by atoms with Crippen molar-refractivity contribution < 1.29 is 0 Å². The summed E-state index contributed by atoms with van der Waals surface area (Å²) in [5.41, 5.74) is 2.25. The highest BCUT2D eigenvalue weighted by Crippen LogP contribution is 2.27. The summed E-state index contributed by atoms with van der Waals surface area (Å²) in [4.78, 5) is 5.97. The molecule has 0 atom stereocenters. The Labute approximate surface area is 129 Å². The molecule has 0 amide bonds. The van der Waals surface area contributed by atoms with E-state index >= 15 is 0 Å². The number of fused-ring (bicyclic) bond motifs is 1. The lowest BCUT2D eigenvalue weighted by Gasteiger charge is -2.01. The monoisotopic (exact) mass is 291 g/mol. The Morgan fingerprint density at radius 1 is 1.24 bits per heavy atom. The lowest BCUT2D eigenvalue weighted by Crippen LogP contribution is -1.96. The number of thiophene rings is 1. The molecule has 2 heteroatoms. The molecule has 1 aliphatic rings. The number of allylic oxidation sites excluding steroid dienone is 6. The topological polar surface area (TPSA) is 12.4 Å². The summed E-state index contributed by atoms with van der Waals surface area (Å²) in [6.07, 6.45) is 15.2. The van der Waals surface area contributed by atoms with E-state index in [4.69, 9.17) is 0 Å². The molecule has 104 valence electrons. The van der Waals surface area contributed by atoms with Gasteiger partial charge in [0.05, 0.1) is 12.3 Å². The highest BCUT2D eigenvalue weighted by atomic mass is 32.1. The molecule has 0 aliphatic carbocycles. The number of aliphatic imine (C=N–C) groups is 1. The Hall–Kier alpha value is -2.19. The minimum absolute atomic E-state index is 0.752. The van der Waals surface area contributed by atoms with E-state index in [1.807, 2.05) is 29.6 Å². The van der Waals surface area contributed by atoms with E-state index in [0.717, 1.165) is 18.7 Å². The molecule has 0 radical (unpaired) electrons. The number of rotatable bonds is 4. The van der Waals surface area contributed by atoms with Gasteiger partial charge >= 0.3 is 0 Å². The first-order chi connectivity index (χ1) is 10.4. The fourth-order valence-corrected chi connectivity index (χ4v) is 3.34. The van der Waals surface area contributed by atoms with Gasteiger partial charge in [-0.1, -0.05) is 49.1 Å². The average molecular weight is 291 g/mol. The first-order valence-corrected chi connectivity index (χ1v) is 7.86. The fourth-order valence-electron chi connectivity index (χ4n) is 2.32. The van der Waals surface area contributed by atoms with E-state index in [2.05, 4.69) is 60.1 Å². The summed E-state index contributed by atoms with van der Waals surface area (Å²) in [5, 5.41) is 1.30. The molecule has 21 heavy (non-hydrogen) atoms. The van der Waals surface area contributed by atoms with Crippen LogP contribution in [0.5, 0.6) is 0 Å². The van der Waals surface area contributed by atoms with E-state index in [9.17, 15) is 0 Å². The standard InChI is InChI=1S/C19H17NS/c1-2-3-5-8-17-14-16-13-15(10-11-19(16)21-17)18-9-6-4-7-12-20-18/h2-7,9-11,13-14H,1,8,12H2/b5-3-. The minimum atomic E-state index is 0.752. The molecule has 3 rings (SSSR count). The zero-order valence-electron chi connectivity index (χ0n) is 11.8. The Bertz CT molecular complexity index is 772. The van der Waals surface area contributed by atoms with Crippen molar-refractivity contribution in [3.05, 3.63) is 83.8 Å². The average Bonchev–Trinajstić information content (AvgIpc) is 2.71. The van der Waals surface area contributed by atoms with Gasteiger partial charge in [-0.05, 0) is 29.7 Å². The van der Waals surface area contributed by atoms with Crippen LogP contribution >= 0.6 is 11.3 Å². The van der Waals surface area contributed by atoms with Gasteiger partial charge in [0.15, 0.2) is 0 Å². The van der Waals surface area contributed by atoms with Gasteiger partial charge in [0, 0.05) is 21.6 Å². The van der Waals surface area contributed by atoms with Gasteiger partial charge in [-0.25, -0.2) is 0 Å². The third kappa shape index (κ3) is 3.29. The maximum Gasteiger partial charge on any atom is 0.0650 e. The Kier molecular flexibility index (Phi) is 4.27. The van der Waals surface area contributed by atoms with E-state index in [-0.39, 0.29) is 0 Å². The van der Waals surface area contributed by atoms with Crippen LogP contribution in [0, 0.1) is 0 Å². The molecule has 0 fully saturated rings. The number of nitrogens with zero attached hydrogens (tertiary/aromatic N) is 1.